The lowest BCUT2D eigenvalue weighted by atomic mass is 9.97. The second kappa shape index (κ2) is 9.48. The minimum absolute atomic E-state index is 0.323. The molecule has 1 atom stereocenters. The zero-order valence-corrected chi connectivity index (χ0v) is 17.9. The number of nitrogens with zero attached hydrogens (tertiary/aromatic N) is 1. The van der Waals surface area contributed by atoms with Crippen molar-refractivity contribution in [2.45, 2.75) is 46.6 Å². The van der Waals surface area contributed by atoms with E-state index in [9.17, 15) is 9.59 Å². The molecule has 1 aromatic carbocycles. The van der Waals surface area contributed by atoms with E-state index in [-0.39, 0.29) is 12.5 Å². The van der Waals surface area contributed by atoms with Crippen molar-refractivity contribution in [1.82, 2.24) is 4.57 Å². The van der Waals surface area contributed by atoms with Crippen LogP contribution in [0.15, 0.2) is 53.1 Å². The van der Waals surface area contributed by atoms with E-state index in [2.05, 4.69) is 19.2 Å². The van der Waals surface area contributed by atoms with Crippen molar-refractivity contribution in [3.05, 3.63) is 77.0 Å². The second-order valence-electron chi connectivity index (χ2n) is 7.47. The van der Waals surface area contributed by atoms with Gasteiger partial charge in [-0.15, -0.1) is 0 Å². The summed E-state index contributed by atoms with van der Waals surface area (Å²) in [6.07, 6.45) is 2.59. The Kier molecular flexibility index (Phi) is 6.77. The Labute approximate surface area is 176 Å². The van der Waals surface area contributed by atoms with Gasteiger partial charge in [-0.05, 0) is 56.0 Å². The van der Waals surface area contributed by atoms with Crippen molar-refractivity contribution in [1.29, 1.82) is 0 Å². The summed E-state index contributed by atoms with van der Waals surface area (Å²) in [6, 6.07) is 13.2. The number of aryl methyl sites for hydroxylation is 1. The van der Waals surface area contributed by atoms with Crippen molar-refractivity contribution in [3.63, 3.8) is 0 Å². The number of carbonyl (C=O) groups is 2. The number of esters is 1. The molecule has 6 nitrogen and oxygen atoms in total. The maximum atomic E-state index is 12.6. The van der Waals surface area contributed by atoms with Crippen LogP contribution in [0.3, 0.4) is 0 Å². The van der Waals surface area contributed by atoms with E-state index in [0.717, 1.165) is 34.8 Å². The molecule has 2 heterocycles. The van der Waals surface area contributed by atoms with Gasteiger partial charge in [0, 0.05) is 17.1 Å². The summed E-state index contributed by atoms with van der Waals surface area (Å²) in [5.74, 6) is 0.252. The number of rotatable bonds is 8. The smallest absolute Gasteiger partial charge is 0.340 e. The molecule has 0 unspecified atom stereocenters. The van der Waals surface area contributed by atoms with Crippen LogP contribution in [-0.4, -0.2) is 23.1 Å². The Morgan fingerprint density at radius 3 is 2.63 bits per heavy atom. The molecule has 0 saturated carbocycles. The average molecular weight is 408 g/mol. The summed E-state index contributed by atoms with van der Waals surface area (Å²) in [5, 5.41) is 2.86. The topological polar surface area (TPSA) is 73.5 Å². The average Bonchev–Trinajstić information content (AvgIpc) is 3.35. The van der Waals surface area contributed by atoms with E-state index in [0.29, 0.717) is 18.0 Å². The van der Waals surface area contributed by atoms with Crippen LogP contribution in [0.4, 0.5) is 5.69 Å². The fourth-order valence-electron chi connectivity index (χ4n) is 3.47. The minimum atomic E-state index is -0.515. The monoisotopic (exact) mass is 408 g/mol. The molecule has 1 N–H and O–H groups in total. The molecule has 3 rings (SSSR count). The number of nitrogens with one attached hydrogen (secondary N) is 1. The fourth-order valence-corrected chi connectivity index (χ4v) is 3.47. The normalized spacial score (nSPS) is 11.9. The maximum absolute atomic E-state index is 12.6. The zero-order valence-electron chi connectivity index (χ0n) is 17.9. The van der Waals surface area contributed by atoms with Crippen LogP contribution < -0.4 is 5.32 Å². The number of furan rings is 1. The van der Waals surface area contributed by atoms with E-state index >= 15 is 0 Å². The van der Waals surface area contributed by atoms with Gasteiger partial charge in [-0.25, -0.2) is 4.79 Å². The number of hydrogen-bond acceptors (Lipinski definition) is 4. The quantitative estimate of drug-likeness (QED) is 0.529. The third kappa shape index (κ3) is 4.82. The number of benzene rings is 1. The molecule has 3 aromatic rings. The molecule has 0 saturated heterocycles. The predicted octanol–water partition coefficient (Wildman–Crippen LogP) is 5.06. The van der Waals surface area contributed by atoms with Crippen molar-refractivity contribution >= 4 is 17.6 Å². The minimum Gasteiger partial charge on any atom is -0.467 e. The number of aromatic nitrogens is 1. The van der Waals surface area contributed by atoms with E-state index in [1.165, 1.54) is 0 Å². The molecule has 0 radical (unpaired) electrons. The summed E-state index contributed by atoms with van der Waals surface area (Å²) in [4.78, 5) is 24.9. The molecule has 1 amide bonds. The van der Waals surface area contributed by atoms with Crippen LogP contribution in [-0.2, 0) is 16.1 Å². The highest BCUT2D eigenvalue weighted by molar-refractivity contribution is 5.96. The lowest BCUT2D eigenvalue weighted by Gasteiger charge is -2.15. The Morgan fingerprint density at radius 1 is 1.17 bits per heavy atom. The first kappa shape index (κ1) is 21.4. The Hall–Kier alpha value is -3.28. The van der Waals surface area contributed by atoms with Gasteiger partial charge >= 0.3 is 5.97 Å². The molecule has 0 aliphatic rings. The molecule has 0 aliphatic carbocycles. The highest BCUT2D eigenvalue weighted by Crippen LogP contribution is 2.26. The molecule has 0 fully saturated rings. The van der Waals surface area contributed by atoms with Crippen LogP contribution in [0.5, 0.6) is 0 Å². The number of anilines is 1. The Balaban J connectivity index is 1.63. The van der Waals surface area contributed by atoms with Crippen molar-refractivity contribution in [2.75, 3.05) is 11.9 Å². The third-order valence-corrected chi connectivity index (χ3v) is 5.40. The molecular formula is C24H28N2O4. The van der Waals surface area contributed by atoms with Crippen LogP contribution >= 0.6 is 0 Å². The molecule has 30 heavy (non-hydrogen) atoms. The van der Waals surface area contributed by atoms with Gasteiger partial charge < -0.3 is 19.0 Å². The molecular weight excluding hydrogens is 380 g/mol. The summed E-state index contributed by atoms with van der Waals surface area (Å²) in [7, 11) is 0. The van der Waals surface area contributed by atoms with Gasteiger partial charge in [0.15, 0.2) is 6.61 Å². The molecule has 0 aliphatic heterocycles. The van der Waals surface area contributed by atoms with Gasteiger partial charge in [-0.2, -0.15) is 0 Å². The SMILES string of the molecule is CC[C@@H](C)c1ccccc1NC(=O)COC(=O)c1cc(C)n(Cc2ccco2)c1C. The molecule has 6 heteroatoms. The Bertz CT molecular complexity index is 1020. The standard InChI is InChI=1S/C24H28N2O4/c1-5-16(2)20-10-6-7-11-22(20)25-23(27)15-30-24(28)21-13-17(3)26(18(21)4)14-19-9-8-12-29-19/h6-13,16H,5,14-15H2,1-4H3,(H,25,27)/t16-/m1/s1. The van der Waals surface area contributed by atoms with Crippen LogP contribution in [0, 0.1) is 13.8 Å². The number of para-hydroxylation sites is 1. The fraction of sp³-hybridized carbons (Fsp3) is 0.333. The Morgan fingerprint density at radius 2 is 1.93 bits per heavy atom. The maximum Gasteiger partial charge on any atom is 0.340 e. The first-order valence-corrected chi connectivity index (χ1v) is 10.2. The van der Waals surface area contributed by atoms with Crippen LogP contribution in [0.2, 0.25) is 0 Å². The predicted molar refractivity (Wildman–Crippen MR) is 116 cm³/mol. The van der Waals surface area contributed by atoms with Gasteiger partial charge in [0.1, 0.15) is 5.76 Å². The van der Waals surface area contributed by atoms with Crippen molar-refractivity contribution < 1.29 is 18.7 Å². The lowest BCUT2D eigenvalue weighted by Crippen LogP contribution is -2.22. The third-order valence-electron chi connectivity index (χ3n) is 5.40. The van der Waals surface area contributed by atoms with Gasteiger partial charge in [-0.3, -0.25) is 4.79 Å². The number of hydrogen-bond donors (Lipinski definition) is 1. The van der Waals surface area contributed by atoms with E-state index < -0.39 is 5.97 Å². The zero-order chi connectivity index (χ0) is 21.7. The van der Waals surface area contributed by atoms with E-state index in [1.54, 1.807) is 12.3 Å². The number of amides is 1. The second-order valence-corrected chi connectivity index (χ2v) is 7.47. The van der Waals surface area contributed by atoms with E-state index in [1.807, 2.05) is 54.8 Å². The number of ether oxygens (including phenoxy) is 1. The van der Waals surface area contributed by atoms with Gasteiger partial charge in [-0.1, -0.05) is 32.0 Å². The number of carbonyl (C=O) groups excluding carboxylic acids is 2. The lowest BCUT2D eigenvalue weighted by molar-refractivity contribution is -0.119. The van der Waals surface area contributed by atoms with Gasteiger partial charge in [0.2, 0.25) is 0 Å². The van der Waals surface area contributed by atoms with Crippen LogP contribution in [0.25, 0.3) is 0 Å². The summed E-state index contributed by atoms with van der Waals surface area (Å²) in [5.41, 5.74) is 3.97. The first-order valence-electron chi connectivity index (χ1n) is 10.2. The molecule has 0 bridgehead atoms. The largest absolute Gasteiger partial charge is 0.467 e. The van der Waals surface area contributed by atoms with Crippen LogP contribution in [0.1, 0.15) is 59.3 Å². The summed E-state index contributed by atoms with van der Waals surface area (Å²) < 4.78 is 12.7. The first-order chi connectivity index (χ1) is 14.4. The van der Waals surface area contributed by atoms with Crippen molar-refractivity contribution in [2.24, 2.45) is 0 Å². The molecule has 158 valence electrons. The van der Waals surface area contributed by atoms with Crippen molar-refractivity contribution in [3.8, 4) is 0 Å². The highest BCUT2D eigenvalue weighted by atomic mass is 16.5. The van der Waals surface area contributed by atoms with Gasteiger partial charge in [0.05, 0.1) is 18.4 Å². The highest BCUT2D eigenvalue weighted by Gasteiger charge is 2.19. The van der Waals surface area contributed by atoms with Gasteiger partial charge in [0.25, 0.3) is 5.91 Å². The molecule has 2 aromatic heterocycles. The van der Waals surface area contributed by atoms with E-state index in [4.69, 9.17) is 9.15 Å². The molecule has 0 spiro atoms. The summed E-state index contributed by atoms with van der Waals surface area (Å²) >= 11 is 0. The summed E-state index contributed by atoms with van der Waals surface area (Å²) in [6.45, 7) is 8.19.